The average molecular weight is 788 g/mol. The lowest BCUT2D eigenvalue weighted by Gasteiger charge is -2.63. The highest BCUT2D eigenvalue weighted by molar-refractivity contribution is 6.31. The zero-order chi connectivity index (χ0) is 40.4. The van der Waals surface area contributed by atoms with Crippen LogP contribution in [0.25, 0.3) is 0 Å². The number of nitrogens with one attached hydrogen (secondary N) is 4. The molecule has 0 bridgehead atoms. The predicted molar refractivity (Wildman–Crippen MR) is 203 cm³/mol. The number of imide groups is 2. The van der Waals surface area contributed by atoms with Gasteiger partial charge in [0.15, 0.2) is 0 Å². The summed E-state index contributed by atoms with van der Waals surface area (Å²) in [6, 6.07) is 11.4. The maximum Gasteiger partial charge on any atom is 0.262 e. The van der Waals surface area contributed by atoms with E-state index in [0.29, 0.717) is 60.6 Å². The van der Waals surface area contributed by atoms with Gasteiger partial charge in [0.1, 0.15) is 41.3 Å². The standard InChI is InChI=1S/C40H43ClFN7O7/c1-39(2)37(40(3,4)38(39)56-24-8-7-22(20-43)28(41)18-24)48-33(51)27-21-46-31(19-29(27)42)45-15-14-44-13-5-6-16-55-23-9-10-25-26(17-23)36(54)49(35(25)53)30-11-12-32(50)47-34(30)52/h7-10,17-19,21,30,37-38,44H,5-6,11-16H2,1-4H3,(H,45,46)(H,48,51)(H,47,50,52)/t30?,37-,38-. The molecule has 1 saturated heterocycles. The van der Waals surface area contributed by atoms with E-state index in [0.717, 1.165) is 11.3 Å². The number of pyridine rings is 1. The predicted octanol–water partition coefficient (Wildman–Crippen LogP) is 4.62. The lowest BCUT2D eigenvalue weighted by atomic mass is 9.49. The number of hydrogen-bond acceptors (Lipinski definition) is 11. The number of unbranched alkanes of at least 4 members (excludes halogenated alkanes) is 1. The largest absolute Gasteiger partial charge is 0.494 e. The van der Waals surface area contributed by atoms with Crippen molar-refractivity contribution in [2.75, 3.05) is 31.6 Å². The molecule has 0 spiro atoms. The molecule has 4 N–H and O–H groups in total. The van der Waals surface area contributed by atoms with Gasteiger partial charge < -0.3 is 25.4 Å². The zero-order valence-corrected chi connectivity index (χ0v) is 32.2. The van der Waals surface area contributed by atoms with Crippen LogP contribution < -0.4 is 30.7 Å². The summed E-state index contributed by atoms with van der Waals surface area (Å²) >= 11 is 6.19. The lowest BCUT2D eigenvalue weighted by Crippen LogP contribution is -2.74. The summed E-state index contributed by atoms with van der Waals surface area (Å²) < 4.78 is 27.2. The topological polar surface area (TPSA) is 192 Å². The molecule has 3 aromatic rings. The first-order valence-electron chi connectivity index (χ1n) is 18.4. The summed E-state index contributed by atoms with van der Waals surface area (Å²) in [4.78, 5) is 68.0. The Kier molecular flexibility index (Phi) is 11.6. The van der Waals surface area contributed by atoms with Gasteiger partial charge in [-0.2, -0.15) is 5.26 Å². The number of hydrogen-bond donors (Lipinski definition) is 4. The van der Waals surface area contributed by atoms with Gasteiger partial charge in [0.25, 0.3) is 17.7 Å². The van der Waals surface area contributed by atoms with E-state index in [1.165, 1.54) is 24.4 Å². The maximum atomic E-state index is 15.1. The maximum absolute atomic E-state index is 15.1. The van der Waals surface area contributed by atoms with Crippen molar-refractivity contribution in [2.24, 2.45) is 10.8 Å². The van der Waals surface area contributed by atoms with Crippen molar-refractivity contribution in [3.8, 4) is 17.6 Å². The molecule has 2 aromatic carbocycles. The van der Waals surface area contributed by atoms with Crippen molar-refractivity contribution >= 4 is 47.0 Å². The fraction of sp³-hybridized carbons (Fsp3) is 0.425. The van der Waals surface area contributed by atoms with Crippen molar-refractivity contribution < 1.29 is 37.8 Å². The molecular formula is C40H43ClFN7O7. The summed E-state index contributed by atoms with van der Waals surface area (Å²) in [5.74, 6) is -2.29. The number of ether oxygens (including phenoxy) is 2. The van der Waals surface area contributed by atoms with E-state index in [1.54, 1.807) is 24.3 Å². The third-order valence-corrected chi connectivity index (χ3v) is 10.9. The second-order valence-electron chi connectivity index (χ2n) is 15.2. The summed E-state index contributed by atoms with van der Waals surface area (Å²) in [7, 11) is 0. The van der Waals surface area contributed by atoms with Gasteiger partial charge in [-0.25, -0.2) is 9.37 Å². The van der Waals surface area contributed by atoms with Gasteiger partial charge in [0.05, 0.1) is 33.9 Å². The summed E-state index contributed by atoms with van der Waals surface area (Å²) in [5, 5.41) is 21.0. The van der Waals surface area contributed by atoms with Crippen LogP contribution >= 0.6 is 11.6 Å². The minimum absolute atomic E-state index is 0.0508. The molecule has 0 radical (unpaired) electrons. The van der Waals surface area contributed by atoms with E-state index in [2.05, 4.69) is 26.3 Å². The molecule has 2 aliphatic heterocycles. The monoisotopic (exact) mass is 787 g/mol. The van der Waals surface area contributed by atoms with Crippen molar-refractivity contribution in [1.82, 2.24) is 25.8 Å². The van der Waals surface area contributed by atoms with Crippen LogP contribution in [-0.4, -0.2) is 83.8 Å². The fourth-order valence-electron chi connectivity index (χ4n) is 7.99. The van der Waals surface area contributed by atoms with Gasteiger partial charge in [0.2, 0.25) is 11.8 Å². The number of aromatic nitrogens is 1. The van der Waals surface area contributed by atoms with E-state index >= 15 is 4.39 Å². The molecule has 1 unspecified atom stereocenters. The molecular weight excluding hydrogens is 745 g/mol. The normalized spacial score (nSPS) is 20.7. The quantitative estimate of drug-likeness (QED) is 0.124. The molecule has 294 valence electrons. The molecule has 1 saturated carbocycles. The number of benzene rings is 2. The third kappa shape index (κ3) is 8.03. The number of rotatable bonds is 15. The first kappa shape index (κ1) is 40.1. The Labute approximate surface area is 328 Å². The van der Waals surface area contributed by atoms with Gasteiger partial charge in [-0.3, -0.25) is 34.2 Å². The van der Waals surface area contributed by atoms with Crippen molar-refractivity contribution in [2.45, 2.75) is 71.6 Å². The van der Waals surface area contributed by atoms with Gasteiger partial charge >= 0.3 is 0 Å². The highest BCUT2D eigenvalue weighted by Gasteiger charge is 2.64. The number of nitrogens with zero attached hydrogens (tertiary/aromatic N) is 3. The Balaban J connectivity index is 0.887. The molecule has 56 heavy (non-hydrogen) atoms. The zero-order valence-electron chi connectivity index (χ0n) is 31.5. The second kappa shape index (κ2) is 16.3. The van der Waals surface area contributed by atoms with Crippen LogP contribution in [0.15, 0.2) is 48.7 Å². The molecule has 16 heteroatoms. The number of carbonyl (C=O) groups is 5. The molecule has 2 fully saturated rings. The number of anilines is 1. The van der Waals surface area contributed by atoms with Crippen LogP contribution in [-0.2, 0) is 9.59 Å². The molecule has 1 aliphatic carbocycles. The van der Waals surface area contributed by atoms with Gasteiger partial charge in [-0.15, -0.1) is 0 Å². The third-order valence-electron chi connectivity index (χ3n) is 10.6. The summed E-state index contributed by atoms with van der Waals surface area (Å²) in [6.45, 7) is 9.96. The van der Waals surface area contributed by atoms with Gasteiger partial charge in [-0.1, -0.05) is 39.3 Å². The van der Waals surface area contributed by atoms with E-state index in [9.17, 15) is 24.0 Å². The lowest BCUT2D eigenvalue weighted by molar-refractivity contribution is -0.164. The number of amides is 5. The molecule has 1 atom stereocenters. The second-order valence-corrected chi connectivity index (χ2v) is 15.6. The van der Waals surface area contributed by atoms with Crippen molar-refractivity contribution in [3.63, 3.8) is 0 Å². The Hall–Kier alpha value is -5.59. The molecule has 1 aromatic heterocycles. The average Bonchev–Trinajstić information content (AvgIpc) is 3.39. The van der Waals surface area contributed by atoms with Crippen LogP contribution in [0, 0.1) is 28.0 Å². The van der Waals surface area contributed by atoms with Gasteiger partial charge in [0, 0.05) is 54.7 Å². The van der Waals surface area contributed by atoms with Crippen LogP contribution in [0.5, 0.6) is 11.5 Å². The molecule has 3 heterocycles. The SMILES string of the molecule is CC1(C)[C@H](NC(=O)c2cnc(NCCNCCCCOc3ccc4c(c3)C(=O)N(C3CCC(=O)NC3=O)C4=O)cc2F)C(C)(C)[C@H]1Oc1ccc(C#N)c(Cl)c1. The van der Waals surface area contributed by atoms with E-state index in [4.69, 9.17) is 26.3 Å². The fourth-order valence-corrected chi connectivity index (χ4v) is 8.20. The van der Waals surface area contributed by atoms with E-state index < -0.39 is 52.2 Å². The summed E-state index contributed by atoms with van der Waals surface area (Å²) in [5.41, 5.74) is -0.489. The van der Waals surface area contributed by atoms with Crippen LogP contribution in [0.2, 0.25) is 5.02 Å². The number of halogens is 2. The summed E-state index contributed by atoms with van der Waals surface area (Å²) in [6.07, 6.45) is 2.54. The Morgan fingerprint density at radius 3 is 2.43 bits per heavy atom. The highest BCUT2D eigenvalue weighted by Crippen LogP contribution is 2.55. The number of fused-ring (bicyclic) bond motifs is 1. The number of piperidine rings is 1. The molecule has 3 aliphatic rings. The van der Waals surface area contributed by atoms with E-state index in [1.807, 2.05) is 33.8 Å². The highest BCUT2D eigenvalue weighted by atomic mass is 35.5. The Morgan fingerprint density at radius 2 is 1.73 bits per heavy atom. The van der Waals surface area contributed by atoms with Crippen LogP contribution in [0.1, 0.15) is 90.0 Å². The Morgan fingerprint density at radius 1 is 1.00 bits per heavy atom. The molecule has 14 nitrogen and oxygen atoms in total. The number of carbonyl (C=O) groups excluding carboxylic acids is 5. The van der Waals surface area contributed by atoms with E-state index in [-0.39, 0.29) is 41.7 Å². The van der Waals surface area contributed by atoms with Gasteiger partial charge in [-0.05, 0) is 56.1 Å². The van der Waals surface area contributed by atoms with Crippen molar-refractivity contribution in [3.05, 3.63) is 81.8 Å². The smallest absolute Gasteiger partial charge is 0.262 e. The minimum Gasteiger partial charge on any atom is -0.494 e. The number of nitriles is 1. The molecule has 6 rings (SSSR count). The Bertz CT molecular complexity index is 2100. The minimum atomic E-state index is -1.03. The van der Waals surface area contributed by atoms with Crippen LogP contribution in [0.4, 0.5) is 10.2 Å². The first-order valence-corrected chi connectivity index (χ1v) is 18.8. The van der Waals surface area contributed by atoms with Crippen molar-refractivity contribution in [1.29, 1.82) is 5.26 Å². The molecule has 5 amide bonds. The van der Waals surface area contributed by atoms with Crippen LogP contribution in [0.3, 0.4) is 0 Å². The first-order chi connectivity index (χ1) is 26.6.